The first kappa shape index (κ1) is 23.4. The second kappa shape index (κ2) is 12.6. The predicted octanol–water partition coefficient (Wildman–Crippen LogP) is 2.78. The van der Waals surface area contributed by atoms with Crippen LogP contribution in [-0.4, -0.2) is 51.9 Å². The smallest absolute Gasteiger partial charge is 0.137 e. The Labute approximate surface area is 141 Å². The summed E-state index contributed by atoms with van der Waals surface area (Å²) in [7, 11) is 1.90. The van der Waals surface area contributed by atoms with Gasteiger partial charge in [-0.15, -0.1) is 0 Å². The van der Waals surface area contributed by atoms with Crippen molar-refractivity contribution < 1.29 is 13.5 Å². The predicted molar refractivity (Wildman–Crippen MR) is 97.2 cm³/mol. The van der Waals surface area contributed by atoms with Gasteiger partial charge in [0.15, 0.2) is 0 Å². The van der Waals surface area contributed by atoms with Gasteiger partial charge >= 0.3 is 0 Å². The Morgan fingerprint density at radius 3 is 2.00 bits per heavy atom. The number of aliphatic hydroxyl groups is 1. The van der Waals surface area contributed by atoms with Crippen LogP contribution >= 0.6 is 11.6 Å². The minimum absolute atomic E-state index is 0.0451. The second-order valence-electron chi connectivity index (χ2n) is 5.73. The van der Waals surface area contributed by atoms with Gasteiger partial charge in [0.1, 0.15) is 10.7 Å². The van der Waals surface area contributed by atoms with Crippen LogP contribution in [0, 0.1) is 5.41 Å². The highest BCUT2D eigenvalue weighted by Gasteiger charge is 2.16. The number of rotatable bonds is 4. The number of benzene rings is 1. The molecule has 1 rings (SSSR count). The molecule has 0 saturated heterocycles. The van der Waals surface area contributed by atoms with Gasteiger partial charge in [-0.3, -0.25) is 0 Å². The van der Waals surface area contributed by atoms with E-state index < -0.39 is 10.7 Å². The molecule has 6 heteroatoms. The Morgan fingerprint density at radius 1 is 1.32 bits per heavy atom. The van der Waals surface area contributed by atoms with Gasteiger partial charge in [0.25, 0.3) is 0 Å². The molecule has 128 valence electrons. The SMILES string of the molecule is C=Cc1ccccc1Cl.CN(C)CC(C)(C)CO.C[SH](=O)=O. The Morgan fingerprint density at radius 2 is 1.77 bits per heavy atom. The molecule has 1 N–H and O–H groups in total. The number of halogens is 1. The highest BCUT2D eigenvalue weighted by Crippen LogP contribution is 2.15. The zero-order valence-electron chi connectivity index (χ0n) is 14.0. The first-order chi connectivity index (χ1) is 10.1. The van der Waals surface area contributed by atoms with Crippen molar-refractivity contribution in [1.82, 2.24) is 4.90 Å². The zero-order chi connectivity index (χ0) is 17.8. The Bertz CT molecular complexity index is 492. The van der Waals surface area contributed by atoms with Crippen LogP contribution in [0.2, 0.25) is 5.02 Å². The molecule has 0 aliphatic rings. The van der Waals surface area contributed by atoms with E-state index in [0.29, 0.717) is 0 Å². The number of aliphatic hydroxyl groups excluding tert-OH is 1. The van der Waals surface area contributed by atoms with E-state index in [1.54, 1.807) is 6.08 Å². The fourth-order valence-electron chi connectivity index (χ4n) is 1.55. The van der Waals surface area contributed by atoms with E-state index >= 15 is 0 Å². The van der Waals surface area contributed by atoms with Crippen molar-refractivity contribution in [3.63, 3.8) is 0 Å². The van der Waals surface area contributed by atoms with Crippen LogP contribution < -0.4 is 0 Å². The molecule has 0 aliphatic heterocycles. The third-order valence-corrected chi connectivity index (χ3v) is 2.64. The van der Waals surface area contributed by atoms with E-state index in [0.717, 1.165) is 23.4 Å². The number of nitrogens with zero attached hydrogens (tertiary/aromatic N) is 1. The Balaban J connectivity index is 0. The molecule has 0 fully saturated rings. The molecular formula is C16H28ClNO3S. The third kappa shape index (κ3) is 15.5. The molecule has 0 unspecified atom stereocenters. The molecule has 0 aliphatic carbocycles. The molecule has 1 aromatic rings. The van der Waals surface area contributed by atoms with Crippen LogP contribution in [0.5, 0.6) is 0 Å². The van der Waals surface area contributed by atoms with Crippen molar-refractivity contribution in [2.45, 2.75) is 13.8 Å². The highest BCUT2D eigenvalue weighted by atomic mass is 35.5. The summed E-state index contributed by atoms with van der Waals surface area (Å²) < 4.78 is 18.1. The number of thiol groups is 1. The summed E-state index contributed by atoms with van der Waals surface area (Å²) in [6.07, 6.45) is 2.86. The van der Waals surface area contributed by atoms with Crippen LogP contribution in [0.3, 0.4) is 0 Å². The normalized spacial score (nSPS) is 10.4. The van der Waals surface area contributed by atoms with Crippen molar-refractivity contribution in [2.24, 2.45) is 5.41 Å². The molecule has 4 nitrogen and oxygen atoms in total. The van der Waals surface area contributed by atoms with Crippen LogP contribution in [0.4, 0.5) is 0 Å². The maximum atomic E-state index is 9.04. The van der Waals surface area contributed by atoms with Gasteiger partial charge in [0.05, 0.1) is 0 Å². The molecule has 1 aromatic carbocycles. The van der Waals surface area contributed by atoms with E-state index in [4.69, 9.17) is 25.1 Å². The van der Waals surface area contributed by atoms with Crippen molar-refractivity contribution >= 4 is 28.4 Å². The molecule has 0 amide bonds. The lowest BCUT2D eigenvalue weighted by molar-refractivity contribution is 0.125. The minimum atomic E-state index is -2.12. The van der Waals surface area contributed by atoms with Gasteiger partial charge in [-0.2, -0.15) is 0 Å². The molecule has 0 radical (unpaired) electrons. The van der Waals surface area contributed by atoms with E-state index in [-0.39, 0.29) is 12.0 Å². The summed E-state index contributed by atoms with van der Waals surface area (Å²) in [5.74, 6) is 0. The van der Waals surface area contributed by atoms with Crippen LogP contribution in [0.15, 0.2) is 30.8 Å². The third-order valence-electron chi connectivity index (χ3n) is 2.30. The fourth-order valence-corrected chi connectivity index (χ4v) is 1.76. The molecular weight excluding hydrogens is 322 g/mol. The second-order valence-corrected chi connectivity index (χ2v) is 7.01. The lowest BCUT2D eigenvalue weighted by Gasteiger charge is -2.25. The van der Waals surface area contributed by atoms with Crippen molar-refractivity contribution in [3.05, 3.63) is 41.4 Å². The van der Waals surface area contributed by atoms with Gasteiger partial charge in [-0.1, -0.05) is 56.3 Å². The van der Waals surface area contributed by atoms with Crippen molar-refractivity contribution in [3.8, 4) is 0 Å². The van der Waals surface area contributed by atoms with E-state index in [1.165, 1.54) is 0 Å². The lowest BCUT2D eigenvalue weighted by atomic mass is 9.95. The number of hydrogen-bond donors (Lipinski definition) is 2. The largest absolute Gasteiger partial charge is 0.396 e. The van der Waals surface area contributed by atoms with Gasteiger partial charge in [-0.05, 0) is 25.7 Å². The van der Waals surface area contributed by atoms with Gasteiger partial charge < -0.3 is 10.0 Å². The molecule has 0 aromatic heterocycles. The average molecular weight is 350 g/mol. The van der Waals surface area contributed by atoms with Gasteiger partial charge in [0.2, 0.25) is 0 Å². The molecule has 0 atom stereocenters. The summed E-state index contributed by atoms with van der Waals surface area (Å²) >= 11 is 5.75. The van der Waals surface area contributed by atoms with Crippen LogP contribution in [0.25, 0.3) is 6.08 Å². The van der Waals surface area contributed by atoms with E-state index in [9.17, 15) is 0 Å². The monoisotopic (exact) mass is 349 g/mol. The van der Waals surface area contributed by atoms with Crippen LogP contribution in [-0.2, 0) is 10.7 Å². The van der Waals surface area contributed by atoms with Crippen molar-refractivity contribution in [2.75, 3.05) is 33.5 Å². The number of hydrogen-bond acceptors (Lipinski definition) is 4. The summed E-state index contributed by atoms with van der Waals surface area (Å²) in [4.78, 5) is 2.08. The summed E-state index contributed by atoms with van der Waals surface area (Å²) in [6, 6.07) is 7.60. The molecule has 0 bridgehead atoms. The zero-order valence-corrected chi connectivity index (χ0v) is 15.7. The molecule has 0 heterocycles. The van der Waals surface area contributed by atoms with E-state index in [1.807, 2.05) is 52.2 Å². The quantitative estimate of drug-likeness (QED) is 0.821. The minimum Gasteiger partial charge on any atom is -0.396 e. The maximum absolute atomic E-state index is 9.04. The standard InChI is InChI=1S/C8H7Cl.C7H17NO.CH4O2S/c1-2-7-5-3-4-6-8(7)9;1-7(2,6-9)5-8(3)4;1-4(2)3/h2-6H,1H2;9H,5-6H2,1-4H3;4H,1H3. The van der Waals surface area contributed by atoms with Gasteiger partial charge in [0, 0.05) is 29.8 Å². The molecule has 22 heavy (non-hydrogen) atoms. The first-order valence-corrected chi connectivity index (χ1v) is 8.76. The molecule has 0 saturated carbocycles. The summed E-state index contributed by atoms with van der Waals surface area (Å²) in [5, 5.41) is 9.57. The molecule has 0 spiro atoms. The lowest BCUT2D eigenvalue weighted by Crippen LogP contribution is -2.31. The topological polar surface area (TPSA) is 57.6 Å². The maximum Gasteiger partial charge on any atom is 0.137 e. The highest BCUT2D eigenvalue weighted by molar-refractivity contribution is 7.71. The average Bonchev–Trinajstić information content (AvgIpc) is 2.38. The van der Waals surface area contributed by atoms with Crippen molar-refractivity contribution in [1.29, 1.82) is 0 Å². The Hall–Kier alpha value is -0.880. The Kier molecular flexibility index (Phi) is 13.4. The summed E-state index contributed by atoms with van der Waals surface area (Å²) in [6.45, 7) is 8.89. The summed E-state index contributed by atoms with van der Waals surface area (Å²) in [5.41, 5.74) is 1.03. The van der Waals surface area contributed by atoms with Gasteiger partial charge in [-0.25, -0.2) is 8.42 Å². The van der Waals surface area contributed by atoms with E-state index in [2.05, 4.69) is 11.5 Å². The fraction of sp³-hybridized carbons (Fsp3) is 0.500. The first-order valence-electron chi connectivity index (χ1n) is 6.76. The van der Waals surface area contributed by atoms with Crippen LogP contribution in [0.1, 0.15) is 19.4 Å².